The van der Waals surface area contributed by atoms with Crippen LogP contribution in [0, 0.1) is 0 Å². The summed E-state index contributed by atoms with van der Waals surface area (Å²) < 4.78 is 5.03. The number of nitrogens with one attached hydrogen (secondary N) is 1. The maximum absolute atomic E-state index is 11.8. The molecule has 0 radical (unpaired) electrons. The van der Waals surface area contributed by atoms with Gasteiger partial charge >= 0.3 is 5.97 Å². The van der Waals surface area contributed by atoms with E-state index < -0.39 is 0 Å². The Morgan fingerprint density at radius 2 is 1.79 bits per heavy atom. The molecule has 3 N–H and O–H groups in total. The van der Waals surface area contributed by atoms with Crippen molar-refractivity contribution in [3.8, 4) is 0 Å². The van der Waals surface area contributed by atoms with Gasteiger partial charge in [-0.05, 0) is 38.0 Å². The molecule has 0 fully saturated rings. The Kier molecular flexibility index (Phi) is 9.27. The van der Waals surface area contributed by atoms with E-state index in [9.17, 15) is 9.59 Å². The van der Waals surface area contributed by atoms with Crippen LogP contribution in [0.25, 0.3) is 0 Å². The van der Waals surface area contributed by atoms with Crippen molar-refractivity contribution in [1.29, 1.82) is 0 Å². The van der Waals surface area contributed by atoms with Gasteiger partial charge in [-0.1, -0.05) is 38.3 Å². The largest absolute Gasteiger partial charge is 0.462 e. The van der Waals surface area contributed by atoms with Gasteiger partial charge in [0, 0.05) is 23.4 Å². The van der Waals surface area contributed by atoms with E-state index in [1.807, 2.05) is 12.1 Å². The highest BCUT2D eigenvalue weighted by Crippen LogP contribution is 2.13. The van der Waals surface area contributed by atoms with Gasteiger partial charge in [-0.2, -0.15) is 0 Å². The molecule has 1 aromatic carbocycles. The number of esters is 1. The third kappa shape index (κ3) is 8.98. The number of rotatable bonds is 11. The molecule has 132 valence electrons. The van der Waals surface area contributed by atoms with Crippen LogP contribution in [-0.4, -0.2) is 18.5 Å². The lowest BCUT2D eigenvalue weighted by Crippen LogP contribution is -2.11. The average molecular weight is 332 g/mol. The third-order valence-electron chi connectivity index (χ3n) is 3.55. The second-order valence-corrected chi connectivity index (χ2v) is 5.96. The average Bonchev–Trinajstić information content (AvgIpc) is 2.52. The number of amides is 1. The van der Waals surface area contributed by atoms with Gasteiger partial charge in [-0.25, -0.2) is 4.79 Å². The molecule has 5 heteroatoms. The van der Waals surface area contributed by atoms with Crippen molar-refractivity contribution in [2.45, 2.75) is 51.9 Å². The van der Waals surface area contributed by atoms with Gasteiger partial charge < -0.3 is 15.8 Å². The van der Waals surface area contributed by atoms with E-state index in [0.29, 0.717) is 24.3 Å². The van der Waals surface area contributed by atoms with Gasteiger partial charge in [0.05, 0.1) is 6.61 Å². The highest BCUT2D eigenvalue weighted by molar-refractivity contribution is 5.91. The molecule has 0 saturated heterocycles. The van der Waals surface area contributed by atoms with Crippen LogP contribution in [0.2, 0.25) is 0 Å². The van der Waals surface area contributed by atoms with Gasteiger partial charge in [0.1, 0.15) is 0 Å². The Bertz CT molecular complexity index is 555. The molecule has 0 heterocycles. The summed E-state index contributed by atoms with van der Waals surface area (Å²) in [6.45, 7) is 5.63. The molecular weight excluding hydrogens is 304 g/mol. The number of ether oxygens (including phenoxy) is 1. The minimum atomic E-state index is -0.318. The van der Waals surface area contributed by atoms with E-state index >= 15 is 0 Å². The number of carbonyl (C=O) groups is 2. The molecule has 24 heavy (non-hydrogen) atoms. The third-order valence-corrected chi connectivity index (χ3v) is 3.55. The van der Waals surface area contributed by atoms with Crippen LogP contribution < -0.4 is 11.1 Å². The van der Waals surface area contributed by atoms with E-state index in [4.69, 9.17) is 10.5 Å². The summed E-state index contributed by atoms with van der Waals surface area (Å²) in [5.74, 6) is -0.298. The fraction of sp³-hybridized carbons (Fsp3) is 0.474. The molecule has 1 rings (SSSR count). The molecule has 0 aliphatic rings. The van der Waals surface area contributed by atoms with Gasteiger partial charge in [0.15, 0.2) is 0 Å². The summed E-state index contributed by atoms with van der Waals surface area (Å²) in [4.78, 5) is 23.0. The first kappa shape index (κ1) is 19.7. The molecule has 1 amide bonds. The van der Waals surface area contributed by atoms with Crippen LogP contribution in [-0.2, 0) is 14.3 Å². The molecule has 1 aromatic rings. The van der Waals surface area contributed by atoms with Crippen molar-refractivity contribution in [3.63, 3.8) is 0 Å². The number of benzene rings is 1. The predicted octanol–water partition coefficient (Wildman–Crippen LogP) is 4.06. The van der Waals surface area contributed by atoms with Crippen LogP contribution in [0.3, 0.4) is 0 Å². The Hall–Kier alpha value is -2.30. The van der Waals surface area contributed by atoms with Crippen molar-refractivity contribution in [2.75, 3.05) is 17.7 Å². The fourth-order valence-corrected chi connectivity index (χ4v) is 2.22. The molecule has 0 aliphatic heterocycles. The molecule has 0 bridgehead atoms. The number of anilines is 2. The Labute approximate surface area is 144 Å². The Morgan fingerprint density at radius 3 is 2.46 bits per heavy atom. The lowest BCUT2D eigenvalue weighted by molar-refractivity contribution is -0.139. The van der Waals surface area contributed by atoms with Crippen LogP contribution in [0.4, 0.5) is 11.4 Å². The normalized spacial score (nSPS) is 10.2. The molecule has 0 saturated carbocycles. The molecule has 0 aliphatic carbocycles. The number of nitrogens with two attached hydrogens (primary N) is 1. The minimum Gasteiger partial charge on any atom is -0.462 e. The standard InChI is InChI=1S/C19H28N2O3/c1-15(2)19(23)24-13-8-6-4-3-5-7-12-18(22)21-17-11-9-10-16(20)14-17/h9-11,14H,1,3-8,12-13,20H2,2H3,(H,21,22). The van der Waals surface area contributed by atoms with Crippen molar-refractivity contribution in [1.82, 2.24) is 0 Å². The zero-order chi connectivity index (χ0) is 17.8. The number of hydrogen-bond acceptors (Lipinski definition) is 4. The van der Waals surface area contributed by atoms with Gasteiger partial charge in [-0.15, -0.1) is 0 Å². The maximum Gasteiger partial charge on any atom is 0.333 e. The first-order valence-electron chi connectivity index (χ1n) is 8.47. The molecule has 0 unspecified atom stereocenters. The van der Waals surface area contributed by atoms with E-state index in [1.165, 1.54) is 0 Å². The lowest BCUT2D eigenvalue weighted by atomic mass is 10.1. The summed E-state index contributed by atoms with van der Waals surface area (Å²) in [6, 6.07) is 7.18. The van der Waals surface area contributed by atoms with Crippen molar-refractivity contribution in [2.24, 2.45) is 0 Å². The highest BCUT2D eigenvalue weighted by atomic mass is 16.5. The molecular formula is C19H28N2O3. The van der Waals surface area contributed by atoms with Crippen LogP contribution in [0.1, 0.15) is 51.9 Å². The number of carbonyl (C=O) groups excluding carboxylic acids is 2. The smallest absolute Gasteiger partial charge is 0.333 e. The fourth-order valence-electron chi connectivity index (χ4n) is 2.22. The summed E-state index contributed by atoms with van der Waals surface area (Å²) >= 11 is 0. The van der Waals surface area contributed by atoms with Gasteiger partial charge in [-0.3, -0.25) is 4.79 Å². The Balaban J connectivity index is 1.97. The van der Waals surface area contributed by atoms with E-state index in [-0.39, 0.29) is 11.9 Å². The van der Waals surface area contributed by atoms with Crippen LogP contribution in [0.15, 0.2) is 36.4 Å². The maximum atomic E-state index is 11.8. The lowest BCUT2D eigenvalue weighted by Gasteiger charge is -2.06. The quantitative estimate of drug-likeness (QED) is 0.277. The number of hydrogen-bond donors (Lipinski definition) is 2. The number of unbranched alkanes of at least 4 members (excludes halogenated alkanes) is 5. The van der Waals surface area contributed by atoms with Crippen LogP contribution in [0.5, 0.6) is 0 Å². The summed E-state index contributed by atoms with van der Waals surface area (Å²) in [6.07, 6.45) is 6.48. The predicted molar refractivity (Wildman–Crippen MR) is 97.6 cm³/mol. The highest BCUT2D eigenvalue weighted by Gasteiger charge is 2.03. The van der Waals surface area contributed by atoms with Gasteiger partial charge in [0.2, 0.25) is 5.91 Å². The Morgan fingerprint density at radius 1 is 1.12 bits per heavy atom. The molecule has 5 nitrogen and oxygen atoms in total. The van der Waals surface area contributed by atoms with E-state index in [0.717, 1.165) is 44.2 Å². The van der Waals surface area contributed by atoms with Crippen LogP contribution >= 0.6 is 0 Å². The second kappa shape index (κ2) is 11.3. The van der Waals surface area contributed by atoms with E-state index in [2.05, 4.69) is 11.9 Å². The first-order valence-corrected chi connectivity index (χ1v) is 8.47. The second-order valence-electron chi connectivity index (χ2n) is 5.96. The molecule has 0 aromatic heterocycles. The molecule has 0 spiro atoms. The van der Waals surface area contributed by atoms with Crippen molar-refractivity contribution in [3.05, 3.63) is 36.4 Å². The number of nitrogen functional groups attached to an aromatic ring is 1. The monoisotopic (exact) mass is 332 g/mol. The molecule has 0 atom stereocenters. The minimum absolute atomic E-state index is 0.0207. The zero-order valence-corrected chi connectivity index (χ0v) is 14.5. The van der Waals surface area contributed by atoms with Crippen molar-refractivity contribution >= 4 is 23.3 Å². The summed E-state index contributed by atoms with van der Waals surface area (Å²) in [5, 5.41) is 2.85. The first-order chi connectivity index (χ1) is 11.5. The van der Waals surface area contributed by atoms with Crippen molar-refractivity contribution < 1.29 is 14.3 Å². The summed E-state index contributed by atoms with van der Waals surface area (Å²) in [5.41, 5.74) is 7.49. The summed E-state index contributed by atoms with van der Waals surface area (Å²) in [7, 11) is 0. The topological polar surface area (TPSA) is 81.4 Å². The van der Waals surface area contributed by atoms with Gasteiger partial charge in [0.25, 0.3) is 0 Å². The SMILES string of the molecule is C=C(C)C(=O)OCCCCCCCCC(=O)Nc1cccc(N)c1. The van der Waals surface area contributed by atoms with E-state index in [1.54, 1.807) is 19.1 Å². The zero-order valence-electron chi connectivity index (χ0n) is 14.5.